The Balaban J connectivity index is 0.00000114. The van der Waals surface area contributed by atoms with E-state index in [0.717, 1.165) is 11.4 Å². The van der Waals surface area contributed by atoms with Gasteiger partial charge >= 0.3 is 6.03 Å². The van der Waals surface area contributed by atoms with Crippen LogP contribution in [0.1, 0.15) is 11.4 Å². The Morgan fingerprint density at radius 1 is 1.44 bits per heavy atom. The number of carbonyl (C=O) groups is 2. The number of halogens is 1. The third-order valence-electron chi connectivity index (χ3n) is 3.27. The molecule has 0 saturated heterocycles. The number of aliphatic hydroxyl groups excluding tert-OH is 1. The molecule has 2 rings (SSSR count). The highest BCUT2D eigenvalue weighted by molar-refractivity contribution is 6.31. The molecule has 5 N–H and O–H groups in total. The van der Waals surface area contributed by atoms with Crippen LogP contribution >= 0.6 is 11.6 Å². The van der Waals surface area contributed by atoms with Gasteiger partial charge in [0.15, 0.2) is 0 Å². The predicted molar refractivity (Wildman–Crippen MR) is 100 cm³/mol. The number of H-pyrrole nitrogens is 1. The summed E-state index contributed by atoms with van der Waals surface area (Å²) in [5.74, 6) is 1.43. The highest BCUT2D eigenvalue weighted by atomic mass is 35.5. The summed E-state index contributed by atoms with van der Waals surface area (Å²) in [7, 11) is 0. The van der Waals surface area contributed by atoms with Gasteiger partial charge in [-0.2, -0.15) is 0 Å². The first-order valence-electron chi connectivity index (χ1n) is 8.11. The van der Waals surface area contributed by atoms with Crippen molar-refractivity contribution < 1.29 is 24.5 Å². The quantitative estimate of drug-likeness (QED) is 0.426. The molecule has 9 nitrogen and oxygen atoms in total. The molecule has 0 bridgehead atoms. The zero-order valence-corrected chi connectivity index (χ0v) is 15.6. The van der Waals surface area contributed by atoms with Gasteiger partial charge in [-0.05, 0) is 30.7 Å². The molecule has 0 radical (unpaired) electrons. The summed E-state index contributed by atoms with van der Waals surface area (Å²) in [6, 6.07) is 4.92. The van der Waals surface area contributed by atoms with E-state index in [0.29, 0.717) is 23.7 Å². The van der Waals surface area contributed by atoms with Crippen molar-refractivity contribution in [2.75, 3.05) is 19.7 Å². The number of carboxylic acid groups (broad SMARTS) is 1. The SMILES string of the molecule is Cc1cc(OCC(O)CNC(=O)NCCc2ncc[nH]2)ccc1Cl.O=CO. The molecule has 0 saturated carbocycles. The summed E-state index contributed by atoms with van der Waals surface area (Å²) in [6.07, 6.45) is 3.20. The lowest BCUT2D eigenvalue weighted by atomic mass is 10.2. The normalized spacial score (nSPS) is 10.9. The van der Waals surface area contributed by atoms with Crippen molar-refractivity contribution in [1.82, 2.24) is 20.6 Å². The zero-order chi connectivity index (χ0) is 20.1. The lowest BCUT2D eigenvalue weighted by Gasteiger charge is -2.14. The minimum Gasteiger partial charge on any atom is -0.491 e. The predicted octanol–water partition coefficient (Wildman–Crippen LogP) is 1.35. The number of urea groups is 1. The van der Waals surface area contributed by atoms with Crippen molar-refractivity contribution in [3.8, 4) is 5.75 Å². The van der Waals surface area contributed by atoms with Gasteiger partial charge in [-0.15, -0.1) is 0 Å². The Kier molecular flexibility index (Phi) is 10.4. The summed E-state index contributed by atoms with van der Waals surface area (Å²) in [4.78, 5) is 27.0. The molecule has 148 valence electrons. The molecule has 10 heteroatoms. The Morgan fingerprint density at radius 2 is 2.19 bits per heavy atom. The number of aromatic nitrogens is 2. The van der Waals surface area contributed by atoms with Crippen LogP contribution in [-0.2, 0) is 11.2 Å². The monoisotopic (exact) mass is 398 g/mol. The lowest BCUT2D eigenvalue weighted by Crippen LogP contribution is -2.42. The van der Waals surface area contributed by atoms with E-state index in [1.165, 1.54) is 0 Å². The van der Waals surface area contributed by atoms with Crippen LogP contribution in [0.3, 0.4) is 0 Å². The number of aromatic amines is 1. The number of nitrogens with zero attached hydrogens (tertiary/aromatic N) is 1. The van der Waals surface area contributed by atoms with Gasteiger partial charge < -0.3 is 30.6 Å². The van der Waals surface area contributed by atoms with Crippen LogP contribution in [0.5, 0.6) is 5.75 Å². The molecule has 1 unspecified atom stereocenters. The van der Waals surface area contributed by atoms with Crippen LogP contribution in [0, 0.1) is 6.92 Å². The molecule has 0 spiro atoms. The van der Waals surface area contributed by atoms with Crippen molar-refractivity contribution in [1.29, 1.82) is 0 Å². The van der Waals surface area contributed by atoms with Gasteiger partial charge in [0.25, 0.3) is 6.47 Å². The molecule has 2 amide bonds. The Morgan fingerprint density at radius 3 is 2.81 bits per heavy atom. The minimum absolute atomic E-state index is 0.0771. The number of imidazole rings is 1. The lowest BCUT2D eigenvalue weighted by molar-refractivity contribution is -0.122. The summed E-state index contributed by atoms with van der Waals surface area (Å²) in [5.41, 5.74) is 0.901. The van der Waals surface area contributed by atoms with Crippen molar-refractivity contribution >= 4 is 24.1 Å². The van der Waals surface area contributed by atoms with E-state index in [4.69, 9.17) is 26.2 Å². The van der Waals surface area contributed by atoms with Gasteiger partial charge in [-0.1, -0.05) is 11.6 Å². The first kappa shape index (κ1) is 22.3. The Bertz CT molecular complexity index is 697. The van der Waals surface area contributed by atoms with Crippen LogP contribution < -0.4 is 15.4 Å². The first-order valence-corrected chi connectivity index (χ1v) is 8.48. The van der Waals surface area contributed by atoms with E-state index in [1.807, 2.05) is 6.92 Å². The topological polar surface area (TPSA) is 137 Å². The van der Waals surface area contributed by atoms with E-state index in [-0.39, 0.29) is 25.7 Å². The largest absolute Gasteiger partial charge is 0.491 e. The number of carbonyl (C=O) groups excluding carboxylic acids is 1. The smallest absolute Gasteiger partial charge is 0.314 e. The Labute approximate surface area is 161 Å². The van der Waals surface area contributed by atoms with Crippen LogP contribution in [0.4, 0.5) is 4.79 Å². The molecule has 1 aromatic carbocycles. The third kappa shape index (κ3) is 9.47. The van der Waals surface area contributed by atoms with Gasteiger partial charge in [0.05, 0.1) is 0 Å². The van der Waals surface area contributed by atoms with Crippen molar-refractivity contribution in [2.45, 2.75) is 19.4 Å². The second-order valence-electron chi connectivity index (χ2n) is 5.40. The van der Waals surface area contributed by atoms with Gasteiger partial charge in [0, 0.05) is 36.9 Å². The fourth-order valence-corrected chi connectivity index (χ4v) is 2.08. The highest BCUT2D eigenvalue weighted by Gasteiger charge is 2.08. The molecule has 0 aliphatic heterocycles. The third-order valence-corrected chi connectivity index (χ3v) is 3.70. The van der Waals surface area contributed by atoms with E-state index < -0.39 is 6.10 Å². The highest BCUT2D eigenvalue weighted by Crippen LogP contribution is 2.20. The molecule has 0 aliphatic carbocycles. The van der Waals surface area contributed by atoms with Crippen molar-refractivity contribution in [3.63, 3.8) is 0 Å². The Hall–Kier alpha value is -2.78. The number of hydrogen-bond donors (Lipinski definition) is 5. The van der Waals surface area contributed by atoms with Crippen LogP contribution in [0.25, 0.3) is 0 Å². The second-order valence-corrected chi connectivity index (χ2v) is 5.81. The maximum absolute atomic E-state index is 11.6. The summed E-state index contributed by atoms with van der Waals surface area (Å²) >= 11 is 5.94. The van der Waals surface area contributed by atoms with Gasteiger partial charge in [0.2, 0.25) is 0 Å². The number of ether oxygens (including phenoxy) is 1. The van der Waals surface area contributed by atoms with E-state index in [2.05, 4.69) is 20.6 Å². The molecular weight excluding hydrogens is 376 g/mol. The molecule has 1 aromatic heterocycles. The summed E-state index contributed by atoms with van der Waals surface area (Å²) in [5, 5.41) is 22.7. The molecule has 2 aromatic rings. The van der Waals surface area contributed by atoms with Gasteiger partial charge in [-0.25, -0.2) is 9.78 Å². The number of benzene rings is 1. The van der Waals surface area contributed by atoms with Crippen LogP contribution in [0.2, 0.25) is 5.02 Å². The van der Waals surface area contributed by atoms with E-state index in [1.54, 1.807) is 30.6 Å². The number of rotatable bonds is 8. The number of nitrogens with one attached hydrogen (secondary N) is 3. The fraction of sp³-hybridized carbons (Fsp3) is 0.353. The zero-order valence-electron chi connectivity index (χ0n) is 14.8. The maximum Gasteiger partial charge on any atom is 0.314 e. The first-order chi connectivity index (χ1) is 13.0. The molecule has 27 heavy (non-hydrogen) atoms. The van der Waals surface area contributed by atoms with Crippen LogP contribution in [0.15, 0.2) is 30.6 Å². The van der Waals surface area contributed by atoms with Crippen molar-refractivity contribution in [3.05, 3.63) is 47.0 Å². The summed E-state index contributed by atoms with van der Waals surface area (Å²) in [6.45, 7) is 2.25. The average Bonchev–Trinajstić information content (AvgIpc) is 3.15. The molecule has 0 aliphatic rings. The molecule has 0 fully saturated rings. The van der Waals surface area contributed by atoms with E-state index in [9.17, 15) is 9.90 Å². The number of amides is 2. The molecule has 1 heterocycles. The maximum atomic E-state index is 11.6. The summed E-state index contributed by atoms with van der Waals surface area (Å²) < 4.78 is 5.47. The van der Waals surface area contributed by atoms with Gasteiger partial charge in [-0.3, -0.25) is 4.79 Å². The van der Waals surface area contributed by atoms with Gasteiger partial charge in [0.1, 0.15) is 24.3 Å². The fourth-order valence-electron chi connectivity index (χ4n) is 1.96. The number of hydrogen-bond acceptors (Lipinski definition) is 5. The standard InChI is InChI=1S/C16H21ClN4O3.CH2O2/c1-11-8-13(2-3-14(11)17)24-10-12(22)9-21-16(23)20-5-4-15-18-6-7-19-15;2-1-3/h2-3,6-8,12,22H,4-5,9-10H2,1H3,(H,18,19)(H2,20,21,23);1H,(H,2,3). The number of aliphatic hydroxyl groups is 1. The van der Waals surface area contributed by atoms with E-state index >= 15 is 0 Å². The molecule has 1 atom stereocenters. The minimum atomic E-state index is -0.809. The van der Waals surface area contributed by atoms with Crippen molar-refractivity contribution in [2.24, 2.45) is 0 Å². The average molecular weight is 399 g/mol. The molecular formula is C17H23ClN4O5. The van der Waals surface area contributed by atoms with Crippen LogP contribution in [-0.4, -0.2) is 58.5 Å². The number of aryl methyl sites for hydroxylation is 1. The second kappa shape index (κ2) is 12.6.